The molecule has 4 rings (SSSR count). The standard InChI is InChI=1S/C21H19N3O2/c1-26-18-7-4-6-16(13-18)23-21(25)19-14-17(9-11-22-19)24-12-10-15-5-2-3-8-20(15)24/h2-9,11,13-14H,10,12H2,1H3,(H,23,25). The van der Waals surface area contributed by atoms with E-state index >= 15 is 0 Å². The number of amides is 1. The van der Waals surface area contributed by atoms with Gasteiger partial charge in [-0.1, -0.05) is 24.3 Å². The quantitative estimate of drug-likeness (QED) is 0.775. The van der Waals surface area contributed by atoms with Crippen molar-refractivity contribution in [2.75, 3.05) is 23.9 Å². The zero-order valence-corrected chi connectivity index (χ0v) is 14.5. The van der Waals surface area contributed by atoms with E-state index in [2.05, 4.69) is 33.4 Å². The number of ether oxygens (including phenoxy) is 1. The van der Waals surface area contributed by atoms with E-state index in [0.29, 0.717) is 17.1 Å². The molecule has 2 aromatic carbocycles. The third kappa shape index (κ3) is 3.11. The summed E-state index contributed by atoms with van der Waals surface area (Å²) in [4.78, 5) is 19.1. The Morgan fingerprint density at radius 1 is 1.12 bits per heavy atom. The summed E-state index contributed by atoms with van der Waals surface area (Å²) in [5, 5.41) is 2.87. The molecule has 1 N–H and O–H groups in total. The lowest BCUT2D eigenvalue weighted by atomic mass is 10.2. The van der Waals surface area contributed by atoms with E-state index in [0.717, 1.165) is 18.7 Å². The topological polar surface area (TPSA) is 54.5 Å². The van der Waals surface area contributed by atoms with E-state index in [1.165, 1.54) is 11.3 Å². The van der Waals surface area contributed by atoms with Gasteiger partial charge in [0, 0.05) is 35.9 Å². The number of pyridine rings is 1. The molecule has 1 amide bonds. The van der Waals surface area contributed by atoms with Gasteiger partial charge in [-0.25, -0.2) is 0 Å². The lowest BCUT2D eigenvalue weighted by Gasteiger charge is -2.19. The van der Waals surface area contributed by atoms with Gasteiger partial charge in [0.1, 0.15) is 11.4 Å². The van der Waals surface area contributed by atoms with Crippen molar-refractivity contribution < 1.29 is 9.53 Å². The molecule has 0 aliphatic carbocycles. The highest BCUT2D eigenvalue weighted by atomic mass is 16.5. The highest BCUT2D eigenvalue weighted by Crippen LogP contribution is 2.34. The predicted octanol–water partition coefficient (Wildman–Crippen LogP) is 4.04. The lowest BCUT2D eigenvalue weighted by molar-refractivity contribution is 0.102. The first kappa shape index (κ1) is 16.1. The van der Waals surface area contributed by atoms with E-state index < -0.39 is 0 Å². The third-order valence-electron chi connectivity index (χ3n) is 4.50. The van der Waals surface area contributed by atoms with Gasteiger partial charge in [0.25, 0.3) is 5.91 Å². The molecule has 0 radical (unpaired) electrons. The molecule has 0 atom stereocenters. The average molecular weight is 345 g/mol. The number of anilines is 3. The molecule has 1 aliphatic heterocycles. The van der Waals surface area contributed by atoms with E-state index in [9.17, 15) is 4.79 Å². The fourth-order valence-corrected chi connectivity index (χ4v) is 3.21. The molecule has 0 fully saturated rings. The minimum absolute atomic E-state index is 0.243. The maximum absolute atomic E-state index is 12.6. The van der Waals surface area contributed by atoms with Crippen LogP contribution in [0, 0.1) is 0 Å². The maximum Gasteiger partial charge on any atom is 0.274 e. The van der Waals surface area contributed by atoms with Gasteiger partial charge in [-0.3, -0.25) is 9.78 Å². The fourth-order valence-electron chi connectivity index (χ4n) is 3.21. The second kappa shape index (κ2) is 6.88. The Kier molecular flexibility index (Phi) is 4.27. The Morgan fingerprint density at radius 3 is 2.88 bits per heavy atom. The number of hydrogen-bond acceptors (Lipinski definition) is 4. The number of methoxy groups -OCH3 is 1. The Morgan fingerprint density at radius 2 is 2.00 bits per heavy atom. The van der Waals surface area contributed by atoms with Gasteiger partial charge >= 0.3 is 0 Å². The SMILES string of the molecule is COc1cccc(NC(=O)c2cc(N3CCc4ccccc43)ccn2)c1. The summed E-state index contributed by atoms with van der Waals surface area (Å²) in [6, 6.07) is 19.4. The number of aromatic nitrogens is 1. The van der Waals surface area contributed by atoms with Crippen molar-refractivity contribution in [2.24, 2.45) is 0 Å². The summed E-state index contributed by atoms with van der Waals surface area (Å²) in [5.41, 5.74) is 4.55. The van der Waals surface area contributed by atoms with Crippen molar-refractivity contribution in [3.8, 4) is 5.75 Å². The van der Waals surface area contributed by atoms with Gasteiger partial charge in [0.2, 0.25) is 0 Å². The number of nitrogens with zero attached hydrogens (tertiary/aromatic N) is 2. The first-order valence-corrected chi connectivity index (χ1v) is 8.51. The molecule has 3 aromatic rings. The zero-order valence-electron chi connectivity index (χ0n) is 14.5. The van der Waals surface area contributed by atoms with Crippen molar-refractivity contribution in [1.82, 2.24) is 4.98 Å². The van der Waals surface area contributed by atoms with Crippen molar-refractivity contribution in [3.05, 3.63) is 78.1 Å². The van der Waals surface area contributed by atoms with Crippen LogP contribution in [0.25, 0.3) is 0 Å². The van der Waals surface area contributed by atoms with E-state index in [1.807, 2.05) is 36.4 Å². The molecule has 2 heterocycles. The highest BCUT2D eigenvalue weighted by Gasteiger charge is 2.20. The fraction of sp³-hybridized carbons (Fsp3) is 0.143. The number of hydrogen-bond donors (Lipinski definition) is 1. The molecular formula is C21H19N3O2. The summed E-state index contributed by atoms with van der Waals surface area (Å²) in [7, 11) is 1.60. The lowest BCUT2D eigenvalue weighted by Crippen LogP contribution is -2.17. The summed E-state index contributed by atoms with van der Waals surface area (Å²) in [6.07, 6.45) is 2.68. The molecule has 0 saturated heterocycles. The van der Waals surface area contributed by atoms with Crippen LogP contribution < -0.4 is 15.0 Å². The Bertz CT molecular complexity index is 955. The Hall–Kier alpha value is -3.34. The number of carbonyl (C=O) groups is 1. The molecule has 1 aliphatic rings. The average Bonchev–Trinajstić information content (AvgIpc) is 3.12. The minimum atomic E-state index is -0.243. The molecular weight excluding hydrogens is 326 g/mol. The summed E-state index contributed by atoms with van der Waals surface area (Å²) in [5.74, 6) is 0.450. The smallest absolute Gasteiger partial charge is 0.274 e. The maximum atomic E-state index is 12.6. The van der Waals surface area contributed by atoms with Gasteiger partial charge in [0.15, 0.2) is 0 Å². The number of rotatable bonds is 4. The molecule has 130 valence electrons. The van der Waals surface area contributed by atoms with Crippen molar-refractivity contribution in [3.63, 3.8) is 0 Å². The van der Waals surface area contributed by atoms with Crippen LogP contribution in [0.5, 0.6) is 5.75 Å². The molecule has 0 spiro atoms. The molecule has 0 unspecified atom stereocenters. The Labute approximate surface area is 152 Å². The summed E-state index contributed by atoms with van der Waals surface area (Å²) in [6.45, 7) is 0.903. The largest absolute Gasteiger partial charge is 0.497 e. The minimum Gasteiger partial charge on any atom is -0.497 e. The van der Waals surface area contributed by atoms with Gasteiger partial charge in [-0.15, -0.1) is 0 Å². The number of para-hydroxylation sites is 1. The highest BCUT2D eigenvalue weighted by molar-refractivity contribution is 6.03. The molecule has 5 heteroatoms. The second-order valence-corrected chi connectivity index (χ2v) is 6.12. The third-order valence-corrected chi connectivity index (χ3v) is 4.50. The first-order valence-electron chi connectivity index (χ1n) is 8.51. The Balaban J connectivity index is 1.57. The normalized spacial score (nSPS) is 12.6. The van der Waals surface area contributed by atoms with Gasteiger partial charge in [-0.2, -0.15) is 0 Å². The summed E-state index contributed by atoms with van der Waals surface area (Å²) >= 11 is 0. The molecule has 0 bridgehead atoms. The monoisotopic (exact) mass is 345 g/mol. The van der Waals surface area contributed by atoms with Gasteiger partial charge in [0.05, 0.1) is 7.11 Å². The predicted molar refractivity (Wildman–Crippen MR) is 102 cm³/mol. The van der Waals surface area contributed by atoms with Crippen LogP contribution in [0.15, 0.2) is 66.9 Å². The van der Waals surface area contributed by atoms with Crippen molar-refractivity contribution in [1.29, 1.82) is 0 Å². The van der Waals surface area contributed by atoms with Crippen molar-refractivity contribution >= 4 is 23.0 Å². The van der Waals surface area contributed by atoms with Crippen LogP contribution in [0.1, 0.15) is 16.1 Å². The van der Waals surface area contributed by atoms with Crippen LogP contribution in [0.3, 0.4) is 0 Å². The van der Waals surface area contributed by atoms with Crippen LogP contribution in [0.2, 0.25) is 0 Å². The van der Waals surface area contributed by atoms with Crippen LogP contribution in [-0.2, 0) is 6.42 Å². The number of fused-ring (bicyclic) bond motifs is 1. The van der Waals surface area contributed by atoms with Crippen molar-refractivity contribution in [2.45, 2.75) is 6.42 Å². The molecule has 1 aromatic heterocycles. The van der Waals surface area contributed by atoms with Crippen LogP contribution in [0.4, 0.5) is 17.1 Å². The van der Waals surface area contributed by atoms with Gasteiger partial charge in [-0.05, 0) is 42.3 Å². The second-order valence-electron chi connectivity index (χ2n) is 6.12. The van der Waals surface area contributed by atoms with Crippen LogP contribution in [-0.4, -0.2) is 24.5 Å². The molecule has 0 saturated carbocycles. The van der Waals surface area contributed by atoms with Gasteiger partial charge < -0.3 is 15.0 Å². The van der Waals surface area contributed by atoms with E-state index in [1.54, 1.807) is 19.4 Å². The number of carbonyl (C=O) groups excluding carboxylic acids is 1. The first-order chi connectivity index (χ1) is 12.7. The van der Waals surface area contributed by atoms with E-state index in [-0.39, 0.29) is 5.91 Å². The molecule has 26 heavy (non-hydrogen) atoms. The number of nitrogens with one attached hydrogen (secondary N) is 1. The van der Waals surface area contributed by atoms with E-state index in [4.69, 9.17) is 4.74 Å². The summed E-state index contributed by atoms with van der Waals surface area (Å²) < 4.78 is 5.19. The van der Waals surface area contributed by atoms with Crippen LogP contribution >= 0.6 is 0 Å². The molecule has 5 nitrogen and oxygen atoms in total. The number of benzene rings is 2. The zero-order chi connectivity index (χ0) is 17.9.